The van der Waals surface area contributed by atoms with Gasteiger partial charge in [0.05, 0.1) is 16.7 Å². The molecule has 1 saturated carbocycles. The lowest BCUT2D eigenvalue weighted by Gasteiger charge is -2.30. The summed E-state index contributed by atoms with van der Waals surface area (Å²) in [6.07, 6.45) is 7.75. The summed E-state index contributed by atoms with van der Waals surface area (Å²) in [6, 6.07) is 9.13. The minimum Gasteiger partial charge on any atom is -0.382 e. The molecule has 0 unspecified atom stereocenters. The number of pyridine rings is 1. The monoisotopic (exact) mass is 400 g/mol. The summed E-state index contributed by atoms with van der Waals surface area (Å²) in [5.74, 6) is 0. The van der Waals surface area contributed by atoms with E-state index in [9.17, 15) is 0 Å². The Morgan fingerprint density at radius 2 is 1.93 bits per heavy atom. The molecule has 2 aromatic heterocycles. The van der Waals surface area contributed by atoms with E-state index in [0.717, 1.165) is 34.6 Å². The molecule has 4 rings (SSSR count). The zero-order valence-corrected chi connectivity index (χ0v) is 17.1. The first-order chi connectivity index (χ1) is 13.2. The molecule has 1 aromatic carbocycles. The van der Waals surface area contributed by atoms with Gasteiger partial charge in [-0.2, -0.15) is 0 Å². The second-order valence-corrected chi connectivity index (χ2v) is 8.65. The average Bonchev–Trinajstić information content (AvgIpc) is 3.08. The van der Waals surface area contributed by atoms with Crippen molar-refractivity contribution >= 4 is 39.5 Å². The summed E-state index contributed by atoms with van der Waals surface area (Å²) >= 11 is 7.86. The molecule has 0 bridgehead atoms. The van der Waals surface area contributed by atoms with Crippen LogP contribution in [0.1, 0.15) is 36.3 Å². The number of rotatable bonds is 6. The zero-order valence-electron chi connectivity index (χ0n) is 15.5. The van der Waals surface area contributed by atoms with Crippen LogP contribution in [0.2, 0.25) is 5.02 Å². The number of nitrogens with one attached hydrogen (secondary N) is 2. The van der Waals surface area contributed by atoms with Crippen molar-refractivity contribution in [2.75, 3.05) is 11.9 Å². The van der Waals surface area contributed by atoms with E-state index in [2.05, 4.69) is 39.7 Å². The molecule has 2 heterocycles. The summed E-state index contributed by atoms with van der Waals surface area (Å²) in [5, 5.41) is 9.34. The summed E-state index contributed by atoms with van der Waals surface area (Å²) in [5.41, 5.74) is 5.23. The Labute approximate surface area is 169 Å². The molecule has 3 aromatic rings. The molecule has 0 aliphatic heterocycles. The Morgan fingerprint density at radius 3 is 2.70 bits per heavy atom. The van der Waals surface area contributed by atoms with Gasteiger partial charge in [0, 0.05) is 45.8 Å². The van der Waals surface area contributed by atoms with Crippen molar-refractivity contribution in [2.45, 2.75) is 51.1 Å². The van der Waals surface area contributed by atoms with Gasteiger partial charge in [-0.1, -0.05) is 11.6 Å². The van der Waals surface area contributed by atoms with Gasteiger partial charge in [-0.15, -0.1) is 11.3 Å². The van der Waals surface area contributed by atoms with Gasteiger partial charge >= 0.3 is 0 Å². The molecule has 2 N–H and O–H groups in total. The maximum absolute atomic E-state index is 6.09. The molecule has 0 radical (unpaired) electrons. The largest absolute Gasteiger partial charge is 0.382 e. The number of fused-ring (bicyclic) bond motifs is 1. The lowest BCUT2D eigenvalue weighted by molar-refractivity contribution is 0.356. The molecule has 142 valence electrons. The van der Waals surface area contributed by atoms with Crippen molar-refractivity contribution in [2.24, 2.45) is 0 Å². The summed E-state index contributed by atoms with van der Waals surface area (Å²) in [4.78, 5) is 10.2. The number of thiazole rings is 1. The van der Waals surface area contributed by atoms with Gasteiger partial charge < -0.3 is 10.6 Å². The molecule has 0 atom stereocenters. The third-order valence-corrected chi connectivity index (χ3v) is 6.65. The first kappa shape index (κ1) is 18.7. The number of hydrogen-bond donors (Lipinski definition) is 2. The van der Waals surface area contributed by atoms with Gasteiger partial charge in [-0.05, 0) is 63.3 Å². The summed E-state index contributed by atoms with van der Waals surface area (Å²) < 4.78 is 0. The van der Waals surface area contributed by atoms with Crippen LogP contribution in [-0.2, 0) is 6.42 Å². The van der Waals surface area contributed by atoms with Crippen LogP contribution in [0.25, 0.3) is 10.9 Å². The Morgan fingerprint density at radius 1 is 1.11 bits per heavy atom. The van der Waals surface area contributed by atoms with Gasteiger partial charge in [-0.3, -0.25) is 4.98 Å². The van der Waals surface area contributed by atoms with Crippen LogP contribution in [0.5, 0.6) is 0 Å². The van der Waals surface area contributed by atoms with Gasteiger partial charge in [0.25, 0.3) is 0 Å². The summed E-state index contributed by atoms with van der Waals surface area (Å²) in [6.45, 7) is 3.14. The lowest BCUT2D eigenvalue weighted by Crippen LogP contribution is -2.37. The highest BCUT2D eigenvalue weighted by molar-refractivity contribution is 7.09. The maximum Gasteiger partial charge on any atom is 0.0797 e. The molecule has 1 fully saturated rings. The molecule has 0 spiro atoms. The Hall–Kier alpha value is -1.69. The van der Waals surface area contributed by atoms with E-state index in [1.807, 2.05) is 23.8 Å². The van der Waals surface area contributed by atoms with Crippen LogP contribution in [0, 0.1) is 6.92 Å². The minimum absolute atomic E-state index is 0.521. The quantitative estimate of drug-likeness (QED) is 0.596. The van der Waals surface area contributed by atoms with Crippen molar-refractivity contribution < 1.29 is 0 Å². The Kier molecular flexibility index (Phi) is 5.91. The molecule has 1 aliphatic carbocycles. The van der Waals surface area contributed by atoms with Gasteiger partial charge in [-0.25, -0.2) is 4.98 Å². The number of halogens is 1. The fourth-order valence-electron chi connectivity index (χ4n) is 3.86. The number of hydrogen-bond acceptors (Lipinski definition) is 5. The third-order valence-electron chi connectivity index (χ3n) is 5.42. The van der Waals surface area contributed by atoms with Crippen LogP contribution in [0.15, 0.2) is 36.0 Å². The number of anilines is 1. The predicted octanol–water partition coefficient (Wildman–Crippen LogP) is 5.21. The Bertz CT molecular complexity index is 902. The molecule has 6 heteroatoms. The normalized spacial score (nSPS) is 20.1. The second-order valence-electron chi connectivity index (χ2n) is 7.28. The van der Waals surface area contributed by atoms with Crippen LogP contribution in [0.3, 0.4) is 0 Å². The first-order valence-corrected chi connectivity index (χ1v) is 10.9. The predicted molar refractivity (Wildman–Crippen MR) is 115 cm³/mol. The van der Waals surface area contributed by atoms with Gasteiger partial charge in [0.15, 0.2) is 0 Å². The van der Waals surface area contributed by atoms with Crippen LogP contribution in [0.4, 0.5) is 5.69 Å². The molecule has 0 amide bonds. The smallest absolute Gasteiger partial charge is 0.0797 e. The van der Waals surface area contributed by atoms with Gasteiger partial charge in [0.1, 0.15) is 0 Å². The SMILES string of the molecule is Cc1ncsc1CCN[C@H]1CC[C@@H](Nc2ccnc3cc(Cl)ccc23)CC1. The van der Waals surface area contributed by atoms with Gasteiger partial charge in [0.2, 0.25) is 0 Å². The molecular formula is C21H25ClN4S. The highest BCUT2D eigenvalue weighted by atomic mass is 35.5. The maximum atomic E-state index is 6.09. The molecular weight excluding hydrogens is 376 g/mol. The number of nitrogens with zero attached hydrogens (tertiary/aromatic N) is 2. The summed E-state index contributed by atoms with van der Waals surface area (Å²) in [7, 11) is 0. The van der Waals surface area contributed by atoms with Crippen molar-refractivity contribution in [3.63, 3.8) is 0 Å². The Balaban J connectivity index is 1.28. The van der Waals surface area contributed by atoms with Crippen molar-refractivity contribution in [3.8, 4) is 0 Å². The molecule has 27 heavy (non-hydrogen) atoms. The van der Waals surface area contributed by atoms with Crippen LogP contribution >= 0.6 is 22.9 Å². The van der Waals surface area contributed by atoms with E-state index >= 15 is 0 Å². The van der Waals surface area contributed by atoms with E-state index in [1.165, 1.54) is 36.3 Å². The van der Waals surface area contributed by atoms with E-state index in [1.54, 1.807) is 11.3 Å². The highest BCUT2D eigenvalue weighted by Gasteiger charge is 2.21. The van der Waals surface area contributed by atoms with Crippen LogP contribution < -0.4 is 10.6 Å². The topological polar surface area (TPSA) is 49.8 Å². The van der Waals surface area contributed by atoms with E-state index in [0.29, 0.717) is 12.1 Å². The fourth-order valence-corrected chi connectivity index (χ4v) is 4.81. The first-order valence-electron chi connectivity index (χ1n) is 9.62. The van der Waals surface area contributed by atoms with Crippen molar-refractivity contribution in [3.05, 3.63) is 51.6 Å². The standard InChI is InChI=1S/C21H25ClN4S/c1-14-21(27-13-25-14)9-11-23-16-3-5-17(6-4-16)26-19-8-10-24-20-12-15(22)2-7-18(19)20/h2,7-8,10,12-13,16-17,23H,3-6,9,11H2,1H3,(H,24,26)/t16-,17+. The molecule has 4 nitrogen and oxygen atoms in total. The third kappa shape index (κ3) is 4.60. The number of benzene rings is 1. The van der Waals surface area contributed by atoms with Crippen molar-refractivity contribution in [1.82, 2.24) is 15.3 Å². The van der Waals surface area contributed by atoms with Crippen LogP contribution in [-0.4, -0.2) is 28.6 Å². The molecule has 0 saturated heterocycles. The van der Waals surface area contributed by atoms with E-state index in [4.69, 9.17) is 11.6 Å². The lowest BCUT2D eigenvalue weighted by atomic mass is 9.91. The second kappa shape index (κ2) is 8.55. The minimum atomic E-state index is 0.521. The zero-order chi connectivity index (χ0) is 18.6. The highest BCUT2D eigenvalue weighted by Crippen LogP contribution is 2.28. The fraction of sp³-hybridized carbons (Fsp3) is 0.429. The van der Waals surface area contributed by atoms with Crippen molar-refractivity contribution in [1.29, 1.82) is 0 Å². The van der Waals surface area contributed by atoms with E-state index in [-0.39, 0.29) is 0 Å². The number of aryl methyl sites for hydroxylation is 1. The average molecular weight is 401 g/mol. The van der Waals surface area contributed by atoms with E-state index < -0.39 is 0 Å². The molecule has 1 aliphatic rings. The number of aromatic nitrogens is 2.